The van der Waals surface area contributed by atoms with E-state index in [2.05, 4.69) is 50.8 Å². The predicted octanol–water partition coefficient (Wildman–Crippen LogP) is 5.96. The fourth-order valence-electron chi connectivity index (χ4n) is 4.26. The molecule has 0 atom stereocenters. The number of fused-ring (bicyclic) bond motifs is 2. The number of H-pyrrole nitrogens is 2. The Bertz CT molecular complexity index is 1420. The summed E-state index contributed by atoms with van der Waals surface area (Å²) in [7, 11) is 0. The van der Waals surface area contributed by atoms with Crippen molar-refractivity contribution < 1.29 is 4.39 Å². The zero-order chi connectivity index (χ0) is 20.1. The molecule has 3 N–H and O–H groups in total. The maximum Gasteiger partial charge on any atom is 0.176 e. The quantitative estimate of drug-likeness (QED) is 0.341. The Morgan fingerprint density at radius 2 is 1.93 bits per heavy atom. The molecule has 0 saturated heterocycles. The van der Waals surface area contributed by atoms with Crippen LogP contribution >= 0.6 is 11.3 Å². The summed E-state index contributed by atoms with van der Waals surface area (Å²) in [5.74, 6) is 0. The zero-order valence-corrected chi connectivity index (χ0v) is 16.9. The van der Waals surface area contributed by atoms with E-state index in [0.29, 0.717) is 0 Å². The molecule has 0 unspecified atom stereocenters. The number of thiophene rings is 1. The van der Waals surface area contributed by atoms with Crippen LogP contribution in [0.1, 0.15) is 12.0 Å². The molecule has 6 rings (SSSR count). The van der Waals surface area contributed by atoms with Crippen LogP contribution in [0.3, 0.4) is 0 Å². The normalized spacial score (nSPS) is 14.5. The Kier molecular flexibility index (Phi) is 4.07. The lowest BCUT2D eigenvalue weighted by molar-refractivity contribution is 0.657. The Morgan fingerprint density at radius 1 is 0.967 bits per heavy atom. The molecule has 4 nitrogen and oxygen atoms in total. The van der Waals surface area contributed by atoms with Crippen molar-refractivity contribution in [1.29, 1.82) is 0 Å². The predicted molar refractivity (Wildman–Crippen MR) is 122 cm³/mol. The van der Waals surface area contributed by atoms with Crippen LogP contribution in [-0.2, 0) is 0 Å². The van der Waals surface area contributed by atoms with Crippen LogP contribution in [0.15, 0.2) is 60.7 Å². The lowest BCUT2D eigenvalue weighted by Gasteiger charge is -2.14. The van der Waals surface area contributed by atoms with Gasteiger partial charge in [0.1, 0.15) is 5.69 Å². The van der Waals surface area contributed by atoms with Gasteiger partial charge in [0.2, 0.25) is 0 Å². The number of rotatable bonds is 3. The molecule has 4 heterocycles. The number of aromatic nitrogens is 3. The average molecular weight is 415 g/mol. The van der Waals surface area contributed by atoms with E-state index in [9.17, 15) is 4.39 Å². The summed E-state index contributed by atoms with van der Waals surface area (Å²) in [5, 5.41) is 13.1. The molecular formula is C24H19FN4S. The lowest BCUT2D eigenvalue weighted by Crippen LogP contribution is -2.19. The van der Waals surface area contributed by atoms with Crippen molar-refractivity contribution in [3.63, 3.8) is 0 Å². The molecule has 30 heavy (non-hydrogen) atoms. The SMILES string of the molecule is Fc1ccc(-c2cccc3[nH]c(-c4n[nH]c5ccc(C6=CCNCC6)cc45)cc23)s1. The summed E-state index contributed by atoms with van der Waals surface area (Å²) >= 11 is 1.17. The van der Waals surface area contributed by atoms with Crippen molar-refractivity contribution in [3.8, 4) is 21.8 Å². The monoisotopic (exact) mass is 414 g/mol. The van der Waals surface area contributed by atoms with E-state index in [1.54, 1.807) is 0 Å². The molecule has 5 aromatic rings. The summed E-state index contributed by atoms with van der Waals surface area (Å²) in [5.41, 5.74) is 7.55. The van der Waals surface area contributed by atoms with Crippen LogP contribution in [-0.4, -0.2) is 28.3 Å². The minimum absolute atomic E-state index is 0.171. The van der Waals surface area contributed by atoms with E-state index >= 15 is 0 Å². The molecule has 0 fully saturated rings. The van der Waals surface area contributed by atoms with Crippen LogP contribution in [0.4, 0.5) is 4.39 Å². The smallest absolute Gasteiger partial charge is 0.176 e. The standard InChI is InChI=1S/C24H19FN4S/c25-23-7-6-22(30-23)16-2-1-3-19-17(16)13-21(27-19)24-18-12-15(4-5-20(18)28-29-24)14-8-10-26-11-9-14/h1-8,12-13,26-27H,9-11H2,(H,28,29). The van der Waals surface area contributed by atoms with Gasteiger partial charge >= 0.3 is 0 Å². The molecular weight excluding hydrogens is 395 g/mol. The molecule has 1 aliphatic rings. The topological polar surface area (TPSA) is 56.5 Å². The van der Waals surface area contributed by atoms with E-state index in [0.717, 1.165) is 63.1 Å². The zero-order valence-electron chi connectivity index (χ0n) is 16.1. The van der Waals surface area contributed by atoms with Gasteiger partial charge in [0, 0.05) is 33.3 Å². The minimum atomic E-state index is -0.171. The Hall–Kier alpha value is -3.22. The Labute approximate surface area is 176 Å². The number of hydrogen-bond acceptors (Lipinski definition) is 3. The van der Waals surface area contributed by atoms with Crippen molar-refractivity contribution in [2.24, 2.45) is 0 Å². The number of aromatic amines is 2. The average Bonchev–Trinajstić information content (AvgIpc) is 3.51. The summed E-state index contributed by atoms with van der Waals surface area (Å²) in [6.07, 6.45) is 3.30. The second-order valence-electron chi connectivity index (χ2n) is 7.57. The van der Waals surface area contributed by atoms with Crippen LogP contribution in [0, 0.1) is 5.13 Å². The molecule has 0 radical (unpaired) electrons. The number of nitrogens with one attached hydrogen (secondary N) is 3. The first kappa shape index (κ1) is 17.6. The van der Waals surface area contributed by atoms with Gasteiger partial charge in [-0.2, -0.15) is 9.49 Å². The van der Waals surface area contributed by atoms with Gasteiger partial charge in [-0.15, -0.1) is 11.3 Å². The highest BCUT2D eigenvalue weighted by Gasteiger charge is 2.15. The van der Waals surface area contributed by atoms with E-state index in [1.807, 2.05) is 24.3 Å². The second-order valence-corrected chi connectivity index (χ2v) is 8.60. The number of benzene rings is 2. The molecule has 0 aliphatic carbocycles. The highest BCUT2D eigenvalue weighted by atomic mass is 32.1. The molecule has 6 heteroatoms. The molecule has 3 aromatic heterocycles. The van der Waals surface area contributed by atoms with Gasteiger partial charge in [-0.25, -0.2) is 0 Å². The summed E-state index contributed by atoms with van der Waals surface area (Å²) < 4.78 is 13.6. The first-order chi connectivity index (χ1) is 14.8. The van der Waals surface area contributed by atoms with Crippen LogP contribution in [0.5, 0.6) is 0 Å². The Balaban J connectivity index is 1.49. The van der Waals surface area contributed by atoms with E-state index in [-0.39, 0.29) is 5.13 Å². The molecule has 148 valence electrons. The van der Waals surface area contributed by atoms with Gasteiger partial charge < -0.3 is 10.3 Å². The molecule has 2 aromatic carbocycles. The van der Waals surface area contributed by atoms with Crippen molar-refractivity contribution in [1.82, 2.24) is 20.5 Å². The minimum Gasteiger partial charge on any atom is -0.353 e. The highest BCUT2D eigenvalue weighted by molar-refractivity contribution is 7.14. The highest BCUT2D eigenvalue weighted by Crippen LogP contribution is 2.37. The van der Waals surface area contributed by atoms with Crippen molar-refractivity contribution >= 4 is 38.7 Å². The molecule has 0 amide bonds. The van der Waals surface area contributed by atoms with E-state index in [4.69, 9.17) is 0 Å². The van der Waals surface area contributed by atoms with E-state index < -0.39 is 0 Å². The molecule has 0 spiro atoms. The third-order valence-electron chi connectivity index (χ3n) is 5.76. The third-order valence-corrected chi connectivity index (χ3v) is 6.66. The van der Waals surface area contributed by atoms with Gasteiger partial charge in [-0.05, 0) is 60.5 Å². The largest absolute Gasteiger partial charge is 0.353 e. The maximum absolute atomic E-state index is 13.6. The Morgan fingerprint density at radius 3 is 2.77 bits per heavy atom. The van der Waals surface area contributed by atoms with Gasteiger partial charge in [0.25, 0.3) is 0 Å². The molecule has 1 aliphatic heterocycles. The number of halogens is 1. The lowest BCUT2D eigenvalue weighted by atomic mass is 9.98. The van der Waals surface area contributed by atoms with Crippen LogP contribution < -0.4 is 5.32 Å². The van der Waals surface area contributed by atoms with Gasteiger partial charge in [-0.1, -0.05) is 24.3 Å². The van der Waals surface area contributed by atoms with Gasteiger partial charge in [0.15, 0.2) is 5.13 Å². The van der Waals surface area contributed by atoms with Gasteiger partial charge in [-0.3, -0.25) is 5.10 Å². The fraction of sp³-hybridized carbons (Fsp3) is 0.125. The van der Waals surface area contributed by atoms with Crippen LogP contribution in [0.25, 0.3) is 49.2 Å². The van der Waals surface area contributed by atoms with Crippen molar-refractivity contribution in [2.45, 2.75) is 6.42 Å². The summed E-state index contributed by atoms with van der Waals surface area (Å²) in [4.78, 5) is 4.44. The molecule has 0 bridgehead atoms. The number of hydrogen-bond donors (Lipinski definition) is 3. The third kappa shape index (κ3) is 2.88. The maximum atomic E-state index is 13.6. The molecule has 0 saturated carbocycles. The fourth-order valence-corrected chi connectivity index (χ4v) is 5.03. The summed E-state index contributed by atoms with van der Waals surface area (Å²) in [6, 6.07) is 18.1. The first-order valence-electron chi connectivity index (χ1n) is 10.0. The van der Waals surface area contributed by atoms with Gasteiger partial charge in [0.05, 0.1) is 11.2 Å². The van der Waals surface area contributed by atoms with Crippen molar-refractivity contribution in [2.75, 3.05) is 13.1 Å². The van der Waals surface area contributed by atoms with Crippen molar-refractivity contribution in [3.05, 3.63) is 71.4 Å². The van der Waals surface area contributed by atoms with E-state index in [1.165, 1.54) is 28.5 Å². The second kappa shape index (κ2) is 6.93. The number of nitrogens with zero attached hydrogens (tertiary/aromatic N) is 1. The summed E-state index contributed by atoms with van der Waals surface area (Å²) in [6.45, 7) is 1.93. The van der Waals surface area contributed by atoms with Crippen LogP contribution in [0.2, 0.25) is 0 Å². The first-order valence-corrected chi connectivity index (χ1v) is 10.8.